The highest BCUT2D eigenvalue weighted by Crippen LogP contribution is 2.38. The van der Waals surface area contributed by atoms with Crippen molar-refractivity contribution in [3.05, 3.63) is 170 Å². The van der Waals surface area contributed by atoms with Gasteiger partial charge in [0.05, 0.1) is 10.2 Å². The molecule has 0 saturated heterocycles. The van der Waals surface area contributed by atoms with Crippen molar-refractivity contribution in [2.45, 2.75) is 0 Å². The molecule has 5 heteroatoms. The molecule has 8 aromatic carbocycles. The Labute approximate surface area is 298 Å². The fraction of sp³-hybridized carbons (Fsp3) is 0. The summed E-state index contributed by atoms with van der Waals surface area (Å²) < 4.78 is 1.09. The third-order valence-corrected chi connectivity index (χ3v) is 10.6. The van der Waals surface area contributed by atoms with Crippen LogP contribution >= 0.6 is 11.3 Å². The standard InChI is InChI=1S/C46H28N4S/c1-3-11-30(12-4-1)43-48-44(31-13-5-2-6-14-31)50-45(49-43)34-24-26-41-42(28-34)51-46(47-41)32-21-19-29(20-22-32)33-23-25-39-37-17-8-7-15-35(37)36-16-9-10-18-38(36)40(39)27-33/h1-28H. The molecule has 0 aliphatic heterocycles. The minimum atomic E-state index is 0.639. The number of nitrogens with zero attached hydrogens (tertiary/aromatic N) is 4. The first-order valence-electron chi connectivity index (χ1n) is 17.0. The zero-order chi connectivity index (χ0) is 33.7. The van der Waals surface area contributed by atoms with Crippen molar-refractivity contribution < 1.29 is 0 Å². The van der Waals surface area contributed by atoms with E-state index in [1.807, 2.05) is 60.7 Å². The van der Waals surface area contributed by atoms with Gasteiger partial charge in [0.25, 0.3) is 0 Å². The quantitative estimate of drug-likeness (QED) is 0.171. The Morgan fingerprint density at radius 2 is 0.745 bits per heavy atom. The second-order valence-electron chi connectivity index (χ2n) is 12.7. The van der Waals surface area contributed by atoms with Crippen molar-refractivity contribution in [2.24, 2.45) is 0 Å². The molecule has 0 aliphatic rings. The Hall–Kier alpha value is -6.56. The van der Waals surface area contributed by atoms with E-state index in [0.29, 0.717) is 17.5 Å². The fourth-order valence-electron chi connectivity index (χ4n) is 7.02. The molecule has 0 atom stereocenters. The highest BCUT2D eigenvalue weighted by molar-refractivity contribution is 7.21. The predicted molar refractivity (Wildman–Crippen MR) is 213 cm³/mol. The highest BCUT2D eigenvalue weighted by Gasteiger charge is 2.15. The van der Waals surface area contributed by atoms with Crippen LogP contribution in [0.1, 0.15) is 0 Å². The average Bonchev–Trinajstić information content (AvgIpc) is 3.65. The maximum Gasteiger partial charge on any atom is 0.164 e. The van der Waals surface area contributed by atoms with Gasteiger partial charge in [-0.15, -0.1) is 11.3 Å². The summed E-state index contributed by atoms with van der Waals surface area (Å²) in [7, 11) is 0. The maximum atomic E-state index is 5.02. The highest BCUT2D eigenvalue weighted by atomic mass is 32.1. The first kappa shape index (κ1) is 29.4. The lowest BCUT2D eigenvalue weighted by Gasteiger charge is -2.12. The number of thiazole rings is 1. The van der Waals surface area contributed by atoms with Crippen LogP contribution in [0.5, 0.6) is 0 Å². The van der Waals surface area contributed by atoms with Crippen LogP contribution in [-0.2, 0) is 0 Å². The maximum absolute atomic E-state index is 5.02. The lowest BCUT2D eigenvalue weighted by atomic mass is 9.92. The van der Waals surface area contributed by atoms with E-state index in [1.54, 1.807) is 11.3 Å². The third-order valence-electron chi connectivity index (χ3n) is 9.56. The topological polar surface area (TPSA) is 51.6 Å². The molecule has 0 spiro atoms. The minimum Gasteiger partial charge on any atom is -0.236 e. The molecule has 0 saturated carbocycles. The normalized spacial score (nSPS) is 11.5. The van der Waals surface area contributed by atoms with Gasteiger partial charge in [0.15, 0.2) is 17.5 Å². The molecule has 0 fully saturated rings. The Morgan fingerprint density at radius 1 is 0.294 bits per heavy atom. The molecule has 0 aliphatic carbocycles. The number of aromatic nitrogens is 4. The van der Waals surface area contributed by atoms with Gasteiger partial charge in [-0.1, -0.05) is 146 Å². The number of hydrogen-bond acceptors (Lipinski definition) is 5. The predicted octanol–water partition coefficient (Wildman–Crippen LogP) is 12.3. The van der Waals surface area contributed by atoms with E-state index >= 15 is 0 Å². The summed E-state index contributed by atoms with van der Waals surface area (Å²) in [6.45, 7) is 0. The van der Waals surface area contributed by atoms with Crippen molar-refractivity contribution >= 4 is 53.9 Å². The number of hydrogen-bond donors (Lipinski definition) is 0. The van der Waals surface area contributed by atoms with Crippen LogP contribution in [0.25, 0.3) is 98.4 Å². The molecule has 51 heavy (non-hydrogen) atoms. The Bertz CT molecular complexity index is 2810. The number of rotatable bonds is 5. The lowest BCUT2D eigenvalue weighted by Crippen LogP contribution is -1.99. The number of fused-ring (bicyclic) bond motifs is 7. The Morgan fingerprint density at radius 3 is 1.33 bits per heavy atom. The summed E-state index contributed by atoms with van der Waals surface area (Å²) in [5.41, 5.74) is 7.27. The molecule has 0 amide bonds. The van der Waals surface area contributed by atoms with Crippen LogP contribution < -0.4 is 0 Å². The largest absolute Gasteiger partial charge is 0.236 e. The first-order valence-corrected chi connectivity index (χ1v) is 17.8. The van der Waals surface area contributed by atoms with E-state index in [4.69, 9.17) is 19.9 Å². The van der Waals surface area contributed by atoms with Gasteiger partial charge in [0, 0.05) is 22.3 Å². The van der Waals surface area contributed by atoms with Crippen molar-refractivity contribution in [1.29, 1.82) is 0 Å². The zero-order valence-electron chi connectivity index (χ0n) is 27.4. The molecule has 0 radical (unpaired) electrons. The Kier molecular flexibility index (Phi) is 6.96. The van der Waals surface area contributed by atoms with E-state index in [9.17, 15) is 0 Å². The molecule has 238 valence electrons. The average molecular weight is 669 g/mol. The lowest BCUT2D eigenvalue weighted by molar-refractivity contribution is 1.07. The summed E-state index contributed by atoms with van der Waals surface area (Å²) >= 11 is 1.68. The molecule has 0 bridgehead atoms. The van der Waals surface area contributed by atoms with Gasteiger partial charge in [-0.2, -0.15) is 0 Å². The summed E-state index contributed by atoms with van der Waals surface area (Å²) in [6.07, 6.45) is 0. The molecule has 0 N–H and O–H groups in total. The SMILES string of the molecule is c1ccc(-c2nc(-c3ccccc3)nc(-c3ccc4nc(-c5ccc(-c6ccc7c8ccccc8c8ccccc8c7c6)cc5)sc4c3)n2)cc1. The molecular formula is C46H28N4S. The van der Waals surface area contributed by atoms with Crippen LogP contribution in [0.3, 0.4) is 0 Å². The van der Waals surface area contributed by atoms with Crippen LogP contribution in [-0.4, -0.2) is 19.9 Å². The molecular weight excluding hydrogens is 641 g/mol. The van der Waals surface area contributed by atoms with E-state index in [-0.39, 0.29) is 0 Å². The van der Waals surface area contributed by atoms with E-state index in [1.165, 1.54) is 43.4 Å². The van der Waals surface area contributed by atoms with Crippen molar-refractivity contribution in [3.63, 3.8) is 0 Å². The zero-order valence-corrected chi connectivity index (χ0v) is 28.2. The van der Waals surface area contributed by atoms with Gasteiger partial charge in [0.2, 0.25) is 0 Å². The summed E-state index contributed by atoms with van der Waals surface area (Å²) in [6, 6.07) is 59.5. The van der Waals surface area contributed by atoms with E-state index in [2.05, 4.69) is 109 Å². The van der Waals surface area contributed by atoms with Crippen molar-refractivity contribution in [2.75, 3.05) is 0 Å². The van der Waals surface area contributed by atoms with Gasteiger partial charge >= 0.3 is 0 Å². The summed E-state index contributed by atoms with van der Waals surface area (Å²) in [5.74, 6) is 1.94. The van der Waals surface area contributed by atoms with Gasteiger partial charge < -0.3 is 0 Å². The smallest absolute Gasteiger partial charge is 0.164 e. The van der Waals surface area contributed by atoms with E-state index in [0.717, 1.165) is 37.5 Å². The monoisotopic (exact) mass is 668 g/mol. The second kappa shape index (κ2) is 12.1. The van der Waals surface area contributed by atoms with Gasteiger partial charge in [-0.3, -0.25) is 0 Å². The van der Waals surface area contributed by atoms with Gasteiger partial charge in [0.1, 0.15) is 5.01 Å². The number of benzene rings is 8. The van der Waals surface area contributed by atoms with Crippen LogP contribution in [0.4, 0.5) is 0 Å². The van der Waals surface area contributed by atoms with E-state index < -0.39 is 0 Å². The fourth-order valence-corrected chi connectivity index (χ4v) is 8.03. The van der Waals surface area contributed by atoms with Crippen molar-refractivity contribution in [3.8, 4) is 55.9 Å². The molecule has 10 rings (SSSR count). The second-order valence-corrected chi connectivity index (χ2v) is 13.7. The molecule has 2 heterocycles. The first-order chi connectivity index (χ1) is 25.2. The van der Waals surface area contributed by atoms with Gasteiger partial charge in [-0.05, 0) is 67.7 Å². The summed E-state index contributed by atoms with van der Waals surface area (Å²) in [5, 5.41) is 8.69. The van der Waals surface area contributed by atoms with Gasteiger partial charge in [-0.25, -0.2) is 19.9 Å². The minimum absolute atomic E-state index is 0.639. The molecule has 10 aromatic rings. The van der Waals surface area contributed by atoms with Crippen molar-refractivity contribution in [1.82, 2.24) is 19.9 Å². The molecule has 0 unspecified atom stereocenters. The van der Waals surface area contributed by atoms with Crippen LogP contribution in [0.15, 0.2) is 170 Å². The summed E-state index contributed by atoms with van der Waals surface area (Å²) in [4.78, 5) is 19.7. The molecule has 2 aromatic heterocycles. The third kappa shape index (κ3) is 5.23. The Balaban J connectivity index is 1.00. The van der Waals surface area contributed by atoms with Crippen LogP contribution in [0, 0.1) is 0 Å². The molecule has 4 nitrogen and oxygen atoms in total. The van der Waals surface area contributed by atoms with Crippen LogP contribution in [0.2, 0.25) is 0 Å².